The van der Waals surface area contributed by atoms with Crippen LogP contribution in [-0.2, 0) is 11.3 Å². The van der Waals surface area contributed by atoms with Gasteiger partial charge in [-0.3, -0.25) is 14.2 Å². The molecule has 0 bridgehead atoms. The summed E-state index contributed by atoms with van der Waals surface area (Å²) in [6, 6.07) is 8.69. The molecule has 25 heavy (non-hydrogen) atoms. The molecular weight excluding hydrogens is 324 g/mol. The van der Waals surface area contributed by atoms with E-state index in [0.717, 1.165) is 9.25 Å². The maximum atomic E-state index is 12.6. The van der Waals surface area contributed by atoms with Gasteiger partial charge in [-0.1, -0.05) is 25.1 Å². The summed E-state index contributed by atoms with van der Waals surface area (Å²) >= 11 is 0. The van der Waals surface area contributed by atoms with Gasteiger partial charge in [-0.2, -0.15) is 9.78 Å². The summed E-state index contributed by atoms with van der Waals surface area (Å²) in [5, 5.41) is 6.64. The Morgan fingerprint density at radius 2 is 1.96 bits per heavy atom. The van der Waals surface area contributed by atoms with Crippen LogP contribution in [0.2, 0.25) is 0 Å². The Labute approximate surface area is 145 Å². The highest BCUT2D eigenvalue weighted by Crippen LogP contribution is 2.01. The predicted molar refractivity (Wildman–Crippen MR) is 93.2 cm³/mol. The molecule has 1 amide bonds. The predicted octanol–water partition coefficient (Wildman–Crippen LogP) is 0.571. The number of benzene rings is 1. The first-order valence-corrected chi connectivity index (χ1v) is 8.16. The number of nitrogens with one attached hydrogen (secondary N) is 1. The summed E-state index contributed by atoms with van der Waals surface area (Å²) in [4.78, 5) is 37.4. The summed E-state index contributed by atoms with van der Waals surface area (Å²) in [6.07, 6.45) is 1.20. The number of carbonyl (C=O) groups excluding carboxylic acids is 1. The Morgan fingerprint density at radius 3 is 2.60 bits per heavy atom. The van der Waals surface area contributed by atoms with Crippen LogP contribution in [0.25, 0.3) is 5.69 Å². The monoisotopic (exact) mass is 346 g/mol. The number of para-hydroxylation sites is 1. The lowest BCUT2D eigenvalue weighted by molar-refractivity contribution is 0.0938. The van der Waals surface area contributed by atoms with E-state index in [0.29, 0.717) is 31.7 Å². The highest BCUT2D eigenvalue weighted by molar-refractivity contribution is 5.91. The maximum absolute atomic E-state index is 12.6. The number of rotatable bonds is 8. The number of methoxy groups -OCH3 is 1. The Hall–Kier alpha value is -2.74. The first-order valence-electron chi connectivity index (χ1n) is 8.16. The van der Waals surface area contributed by atoms with E-state index >= 15 is 0 Å². The van der Waals surface area contributed by atoms with E-state index in [9.17, 15) is 14.4 Å². The third-order valence-corrected chi connectivity index (χ3v) is 3.53. The molecule has 8 heteroatoms. The normalized spacial score (nSPS) is 10.6. The van der Waals surface area contributed by atoms with E-state index in [1.165, 1.54) is 0 Å². The van der Waals surface area contributed by atoms with Crippen molar-refractivity contribution in [2.75, 3.05) is 20.3 Å². The van der Waals surface area contributed by atoms with Crippen molar-refractivity contribution in [3.05, 3.63) is 56.9 Å². The number of ether oxygens (including phenoxy) is 1. The van der Waals surface area contributed by atoms with Gasteiger partial charge in [0.15, 0.2) is 0 Å². The Balaban J connectivity index is 2.45. The maximum Gasteiger partial charge on any atom is 0.352 e. The van der Waals surface area contributed by atoms with Crippen LogP contribution < -0.4 is 16.6 Å². The zero-order valence-corrected chi connectivity index (χ0v) is 14.4. The molecule has 0 aliphatic carbocycles. The second kappa shape index (κ2) is 8.93. The fourth-order valence-corrected chi connectivity index (χ4v) is 2.32. The highest BCUT2D eigenvalue weighted by Gasteiger charge is 2.19. The van der Waals surface area contributed by atoms with Gasteiger partial charge in [0.2, 0.25) is 5.69 Å². The van der Waals surface area contributed by atoms with Crippen molar-refractivity contribution < 1.29 is 9.53 Å². The minimum atomic E-state index is -0.678. The van der Waals surface area contributed by atoms with E-state index < -0.39 is 17.2 Å². The standard InChI is InChI=1S/C17H22N4O4/c1-3-11-20-16(23)14(15(22)18-10-7-12-25-2)19-21(17(20)24)13-8-5-4-6-9-13/h4-6,8-9H,3,7,10-12H2,1-2H3,(H,18,22). The third kappa shape index (κ3) is 4.42. The molecule has 0 aliphatic rings. The number of aromatic nitrogens is 3. The molecule has 0 unspecified atom stereocenters. The zero-order chi connectivity index (χ0) is 18.2. The van der Waals surface area contributed by atoms with Crippen LogP contribution in [0.1, 0.15) is 30.3 Å². The van der Waals surface area contributed by atoms with Crippen molar-refractivity contribution in [2.45, 2.75) is 26.3 Å². The average molecular weight is 346 g/mol. The van der Waals surface area contributed by atoms with E-state index in [1.807, 2.05) is 6.92 Å². The molecule has 0 aliphatic heterocycles. The Kier molecular flexibility index (Phi) is 6.64. The van der Waals surface area contributed by atoms with Crippen LogP contribution >= 0.6 is 0 Å². The van der Waals surface area contributed by atoms with Gasteiger partial charge >= 0.3 is 5.69 Å². The molecule has 0 radical (unpaired) electrons. The third-order valence-electron chi connectivity index (χ3n) is 3.53. The molecule has 1 aromatic heterocycles. The molecular formula is C17H22N4O4. The fourth-order valence-electron chi connectivity index (χ4n) is 2.32. The van der Waals surface area contributed by atoms with E-state index in [1.54, 1.807) is 37.4 Å². The second-order valence-corrected chi connectivity index (χ2v) is 5.44. The molecule has 1 heterocycles. The summed E-state index contributed by atoms with van der Waals surface area (Å²) in [5.41, 5.74) is -1.04. The molecule has 0 spiro atoms. The van der Waals surface area contributed by atoms with Gasteiger partial charge in [0.25, 0.3) is 11.5 Å². The fraction of sp³-hybridized carbons (Fsp3) is 0.412. The summed E-state index contributed by atoms with van der Waals surface area (Å²) < 4.78 is 7.05. The molecule has 2 rings (SSSR count). The lowest BCUT2D eigenvalue weighted by Crippen LogP contribution is -2.46. The van der Waals surface area contributed by atoms with Gasteiger partial charge in [-0.05, 0) is 25.0 Å². The Morgan fingerprint density at radius 1 is 1.24 bits per heavy atom. The van der Waals surface area contributed by atoms with Gasteiger partial charge in [0.05, 0.1) is 5.69 Å². The van der Waals surface area contributed by atoms with Crippen LogP contribution in [0.3, 0.4) is 0 Å². The van der Waals surface area contributed by atoms with Crippen molar-refractivity contribution in [3.8, 4) is 5.69 Å². The van der Waals surface area contributed by atoms with Gasteiger partial charge in [0.1, 0.15) is 0 Å². The van der Waals surface area contributed by atoms with E-state index in [2.05, 4.69) is 10.4 Å². The SMILES string of the molecule is CCCn1c(=O)c(C(=O)NCCCOC)nn(-c2ccccc2)c1=O. The molecule has 8 nitrogen and oxygen atoms in total. The smallest absolute Gasteiger partial charge is 0.352 e. The van der Waals surface area contributed by atoms with Crippen molar-refractivity contribution in [1.82, 2.24) is 19.7 Å². The minimum Gasteiger partial charge on any atom is -0.385 e. The first-order chi connectivity index (χ1) is 12.1. The van der Waals surface area contributed by atoms with Crippen LogP contribution in [0.15, 0.2) is 39.9 Å². The second-order valence-electron chi connectivity index (χ2n) is 5.44. The number of amides is 1. The van der Waals surface area contributed by atoms with Gasteiger partial charge in [0, 0.05) is 26.8 Å². The molecule has 0 saturated heterocycles. The summed E-state index contributed by atoms with van der Waals surface area (Å²) in [5.74, 6) is -0.601. The quantitative estimate of drug-likeness (QED) is 0.705. The van der Waals surface area contributed by atoms with Crippen LogP contribution in [0, 0.1) is 0 Å². The van der Waals surface area contributed by atoms with Crippen LogP contribution in [0.5, 0.6) is 0 Å². The Bertz CT molecular complexity index is 827. The van der Waals surface area contributed by atoms with Crippen molar-refractivity contribution in [1.29, 1.82) is 0 Å². The molecule has 0 saturated carbocycles. The van der Waals surface area contributed by atoms with Crippen LogP contribution in [-0.4, -0.2) is 40.5 Å². The molecule has 1 aromatic carbocycles. The molecule has 1 N–H and O–H groups in total. The number of hydrogen-bond acceptors (Lipinski definition) is 5. The van der Waals surface area contributed by atoms with Crippen molar-refractivity contribution in [2.24, 2.45) is 0 Å². The van der Waals surface area contributed by atoms with Crippen molar-refractivity contribution in [3.63, 3.8) is 0 Å². The number of carbonyl (C=O) groups is 1. The van der Waals surface area contributed by atoms with Crippen molar-refractivity contribution >= 4 is 5.91 Å². The number of nitrogens with zero attached hydrogens (tertiary/aromatic N) is 3. The lowest BCUT2D eigenvalue weighted by Gasteiger charge is -2.11. The van der Waals surface area contributed by atoms with E-state index in [-0.39, 0.29) is 12.2 Å². The molecule has 0 fully saturated rings. The zero-order valence-electron chi connectivity index (χ0n) is 14.4. The average Bonchev–Trinajstić information content (AvgIpc) is 2.63. The van der Waals surface area contributed by atoms with Gasteiger partial charge < -0.3 is 10.1 Å². The van der Waals surface area contributed by atoms with Gasteiger partial charge in [-0.15, -0.1) is 0 Å². The first kappa shape index (κ1) is 18.6. The molecule has 2 aromatic rings. The molecule has 134 valence electrons. The van der Waals surface area contributed by atoms with E-state index in [4.69, 9.17) is 4.74 Å². The number of hydrogen-bond donors (Lipinski definition) is 1. The van der Waals surface area contributed by atoms with Crippen LogP contribution in [0.4, 0.5) is 0 Å². The minimum absolute atomic E-state index is 0.219. The summed E-state index contributed by atoms with van der Waals surface area (Å²) in [6.45, 7) is 2.92. The highest BCUT2D eigenvalue weighted by atomic mass is 16.5. The topological polar surface area (TPSA) is 95.2 Å². The lowest BCUT2D eigenvalue weighted by atomic mass is 10.3. The van der Waals surface area contributed by atoms with Gasteiger partial charge in [-0.25, -0.2) is 4.79 Å². The largest absolute Gasteiger partial charge is 0.385 e. The summed E-state index contributed by atoms with van der Waals surface area (Å²) in [7, 11) is 1.57. The molecule has 0 atom stereocenters.